The van der Waals surface area contributed by atoms with Crippen LogP contribution in [0.15, 0.2) is 0 Å². The first-order chi connectivity index (χ1) is 9.08. The largest absolute Gasteiger partial charge is 0.388 e. The van der Waals surface area contributed by atoms with Gasteiger partial charge in [0.05, 0.1) is 5.60 Å². The van der Waals surface area contributed by atoms with E-state index in [1.165, 1.54) is 0 Å². The molecule has 118 valence electrons. The molecule has 0 aliphatic rings. The van der Waals surface area contributed by atoms with Crippen molar-refractivity contribution in [3.8, 4) is 0 Å². The standard InChI is InChI=1S/C15H30N2O3/c1-6-9-15(5,20)11-17-12(18)8-7-10-16-13(19)14(2,3)4/h20H,6-11H2,1-5H3,(H,16,19)(H,17,18). The summed E-state index contributed by atoms with van der Waals surface area (Å²) in [6, 6.07) is 0. The van der Waals surface area contributed by atoms with Crippen molar-refractivity contribution in [3.05, 3.63) is 0 Å². The molecule has 0 fully saturated rings. The minimum absolute atomic E-state index is 0.0104. The first-order valence-corrected chi connectivity index (χ1v) is 7.36. The Morgan fingerprint density at radius 1 is 1.10 bits per heavy atom. The third-order valence-electron chi connectivity index (χ3n) is 3.00. The molecule has 5 heteroatoms. The Morgan fingerprint density at radius 3 is 2.20 bits per heavy atom. The van der Waals surface area contributed by atoms with Crippen molar-refractivity contribution in [2.45, 2.75) is 65.9 Å². The molecule has 3 N–H and O–H groups in total. The summed E-state index contributed by atoms with van der Waals surface area (Å²) in [5, 5.41) is 15.5. The Balaban J connectivity index is 3.77. The number of amides is 2. The zero-order chi connectivity index (χ0) is 15.8. The first-order valence-electron chi connectivity index (χ1n) is 7.36. The fraction of sp³-hybridized carbons (Fsp3) is 0.867. The predicted octanol–water partition coefficient (Wildman–Crippen LogP) is 1.60. The summed E-state index contributed by atoms with van der Waals surface area (Å²) in [6.45, 7) is 10.0. The van der Waals surface area contributed by atoms with Gasteiger partial charge < -0.3 is 15.7 Å². The Hall–Kier alpha value is -1.10. The van der Waals surface area contributed by atoms with Crippen LogP contribution in [0.3, 0.4) is 0 Å². The highest BCUT2D eigenvalue weighted by Crippen LogP contribution is 2.12. The summed E-state index contributed by atoms with van der Waals surface area (Å²) < 4.78 is 0. The van der Waals surface area contributed by atoms with Crippen molar-refractivity contribution in [1.82, 2.24) is 10.6 Å². The third-order valence-corrected chi connectivity index (χ3v) is 3.00. The molecule has 0 spiro atoms. The van der Waals surface area contributed by atoms with Gasteiger partial charge in [-0.3, -0.25) is 9.59 Å². The van der Waals surface area contributed by atoms with Gasteiger partial charge in [0.2, 0.25) is 11.8 Å². The molecule has 0 aliphatic carbocycles. The van der Waals surface area contributed by atoms with E-state index < -0.39 is 11.0 Å². The second-order valence-corrected chi connectivity index (χ2v) is 6.63. The minimum atomic E-state index is -0.842. The molecule has 0 aromatic heterocycles. The second-order valence-electron chi connectivity index (χ2n) is 6.63. The average Bonchev–Trinajstić information content (AvgIpc) is 2.30. The van der Waals surface area contributed by atoms with Gasteiger partial charge in [0.1, 0.15) is 0 Å². The fourth-order valence-electron chi connectivity index (χ4n) is 1.72. The summed E-state index contributed by atoms with van der Waals surface area (Å²) in [4.78, 5) is 23.2. The van der Waals surface area contributed by atoms with E-state index in [0.29, 0.717) is 25.8 Å². The van der Waals surface area contributed by atoms with Crippen molar-refractivity contribution in [2.75, 3.05) is 13.1 Å². The van der Waals surface area contributed by atoms with Crippen molar-refractivity contribution in [2.24, 2.45) is 5.41 Å². The normalized spacial score (nSPS) is 14.5. The molecule has 0 bridgehead atoms. The summed E-state index contributed by atoms with van der Waals surface area (Å²) in [5.74, 6) is -0.102. The maximum absolute atomic E-state index is 11.6. The summed E-state index contributed by atoms with van der Waals surface area (Å²) in [6.07, 6.45) is 2.49. The molecule has 2 amide bonds. The van der Waals surface area contributed by atoms with Crippen LogP contribution in [0.4, 0.5) is 0 Å². The molecule has 20 heavy (non-hydrogen) atoms. The lowest BCUT2D eigenvalue weighted by Crippen LogP contribution is -2.40. The maximum atomic E-state index is 11.6. The van der Waals surface area contributed by atoms with Gasteiger partial charge >= 0.3 is 0 Å². The molecule has 5 nitrogen and oxygen atoms in total. The van der Waals surface area contributed by atoms with Gasteiger partial charge in [-0.15, -0.1) is 0 Å². The van der Waals surface area contributed by atoms with Crippen molar-refractivity contribution in [3.63, 3.8) is 0 Å². The van der Waals surface area contributed by atoms with Crippen LogP contribution in [0.1, 0.15) is 60.3 Å². The third kappa shape index (κ3) is 8.91. The van der Waals surface area contributed by atoms with Gasteiger partial charge in [-0.05, 0) is 19.8 Å². The second kappa shape index (κ2) is 8.25. The highest BCUT2D eigenvalue weighted by molar-refractivity contribution is 5.81. The number of carbonyl (C=O) groups is 2. The predicted molar refractivity (Wildman–Crippen MR) is 80.2 cm³/mol. The van der Waals surface area contributed by atoms with Crippen LogP contribution >= 0.6 is 0 Å². The van der Waals surface area contributed by atoms with Crippen LogP contribution in [-0.4, -0.2) is 35.6 Å². The van der Waals surface area contributed by atoms with E-state index in [1.54, 1.807) is 6.92 Å². The van der Waals surface area contributed by atoms with Crippen LogP contribution < -0.4 is 10.6 Å². The molecule has 0 saturated heterocycles. The van der Waals surface area contributed by atoms with E-state index in [9.17, 15) is 14.7 Å². The molecule has 0 aromatic rings. The fourth-order valence-corrected chi connectivity index (χ4v) is 1.72. The quantitative estimate of drug-likeness (QED) is 0.593. The van der Waals surface area contributed by atoms with Gasteiger partial charge in [0.15, 0.2) is 0 Å². The van der Waals surface area contributed by atoms with Crippen LogP contribution in [-0.2, 0) is 9.59 Å². The smallest absolute Gasteiger partial charge is 0.225 e. The lowest BCUT2D eigenvalue weighted by atomic mass is 9.96. The van der Waals surface area contributed by atoms with E-state index in [0.717, 1.165) is 6.42 Å². The van der Waals surface area contributed by atoms with Crippen molar-refractivity contribution < 1.29 is 14.7 Å². The summed E-state index contributed by atoms with van der Waals surface area (Å²) in [7, 11) is 0. The Bertz CT molecular complexity index is 320. The summed E-state index contributed by atoms with van der Waals surface area (Å²) in [5.41, 5.74) is -1.24. The lowest BCUT2D eigenvalue weighted by molar-refractivity contribution is -0.128. The van der Waals surface area contributed by atoms with Gasteiger partial charge in [0.25, 0.3) is 0 Å². The number of hydrogen-bond acceptors (Lipinski definition) is 3. The number of hydrogen-bond donors (Lipinski definition) is 3. The maximum Gasteiger partial charge on any atom is 0.225 e. The zero-order valence-electron chi connectivity index (χ0n) is 13.5. The SMILES string of the molecule is CCCC(C)(O)CNC(=O)CCCNC(=O)C(C)(C)C. The average molecular weight is 286 g/mol. The van der Waals surface area contributed by atoms with Gasteiger partial charge in [0, 0.05) is 24.9 Å². The highest BCUT2D eigenvalue weighted by Gasteiger charge is 2.21. The van der Waals surface area contributed by atoms with E-state index in [2.05, 4.69) is 10.6 Å². The molecule has 0 radical (unpaired) electrons. The molecular weight excluding hydrogens is 256 g/mol. The number of aliphatic hydroxyl groups is 1. The molecule has 0 rings (SSSR count). The number of rotatable bonds is 8. The molecule has 0 aliphatic heterocycles. The number of nitrogens with one attached hydrogen (secondary N) is 2. The summed E-state index contributed by atoms with van der Waals surface area (Å²) >= 11 is 0. The van der Waals surface area contributed by atoms with Gasteiger partial charge in [-0.25, -0.2) is 0 Å². The molecule has 1 atom stereocenters. The monoisotopic (exact) mass is 286 g/mol. The molecular formula is C15H30N2O3. The zero-order valence-corrected chi connectivity index (χ0v) is 13.5. The van der Waals surface area contributed by atoms with E-state index >= 15 is 0 Å². The molecule has 0 heterocycles. The molecule has 0 saturated carbocycles. The van der Waals surface area contributed by atoms with Gasteiger partial charge in [-0.1, -0.05) is 34.1 Å². The van der Waals surface area contributed by atoms with E-state index in [1.807, 2.05) is 27.7 Å². The highest BCUT2D eigenvalue weighted by atomic mass is 16.3. The topological polar surface area (TPSA) is 78.4 Å². The Morgan fingerprint density at radius 2 is 1.70 bits per heavy atom. The molecule has 1 unspecified atom stereocenters. The molecule has 0 aromatic carbocycles. The minimum Gasteiger partial charge on any atom is -0.388 e. The van der Waals surface area contributed by atoms with Gasteiger partial charge in [-0.2, -0.15) is 0 Å². The first kappa shape index (κ1) is 18.9. The lowest BCUT2D eigenvalue weighted by Gasteiger charge is -2.23. The van der Waals surface area contributed by atoms with E-state index in [4.69, 9.17) is 0 Å². The van der Waals surface area contributed by atoms with E-state index in [-0.39, 0.29) is 18.4 Å². The Kier molecular flexibility index (Phi) is 7.79. The van der Waals surface area contributed by atoms with Crippen molar-refractivity contribution in [1.29, 1.82) is 0 Å². The van der Waals surface area contributed by atoms with Crippen LogP contribution in [0, 0.1) is 5.41 Å². The van der Waals surface area contributed by atoms with Crippen LogP contribution in [0.5, 0.6) is 0 Å². The number of carbonyl (C=O) groups excluding carboxylic acids is 2. The Labute approximate surface area is 122 Å². The van der Waals surface area contributed by atoms with Crippen LogP contribution in [0.2, 0.25) is 0 Å². The van der Waals surface area contributed by atoms with Crippen LogP contribution in [0.25, 0.3) is 0 Å². The van der Waals surface area contributed by atoms with Crippen molar-refractivity contribution >= 4 is 11.8 Å².